The minimum Gasteiger partial charge on any atom is -0.486 e. The van der Waals surface area contributed by atoms with Crippen LogP contribution < -0.4 is 14.8 Å². The third-order valence-electron chi connectivity index (χ3n) is 4.72. The standard InChI is InChI=1S/C20H22N2O3.ClH/c1-22(12-14-13-24-18-9-2-3-10-19(18)25-14)20(23)16-6-4-8-17-15(16)7-5-11-21-17;/h2-4,6,8-10,14,21H,5,7,11-13H2,1H3;1H. The molecule has 2 aliphatic rings. The Morgan fingerprint density at radius 1 is 1.19 bits per heavy atom. The molecule has 26 heavy (non-hydrogen) atoms. The highest BCUT2D eigenvalue weighted by atomic mass is 35.5. The molecule has 2 heterocycles. The summed E-state index contributed by atoms with van der Waals surface area (Å²) in [5.74, 6) is 1.53. The summed E-state index contributed by atoms with van der Waals surface area (Å²) in [6.07, 6.45) is 1.83. The number of hydrogen-bond donors (Lipinski definition) is 1. The Balaban J connectivity index is 0.00000196. The zero-order chi connectivity index (χ0) is 17.2. The van der Waals surface area contributed by atoms with Gasteiger partial charge in [0.05, 0.1) is 6.54 Å². The van der Waals surface area contributed by atoms with Crippen molar-refractivity contribution in [2.75, 3.05) is 32.1 Å². The lowest BCUT2D eigenvalue weighted by Gasteiger charge is -2.30. The van der Waals surface area contributed by atoms with Crippen LogP contribution >= 0.6 is 12.4 Å². The first-order valence-corrected chi connectivity index (χ1v) is 8.72. The number of rotatable bonds is 3. The number of anilines is 1. The van der Waals surface area contributed by atoms with E-state index in [-0.39, 0.29) is 24.4 Å². The summed E-state index contributed by atoms with van der Waals surface area (Å²) in [7, 11) is 1.82. The van der Waals surface area contributed by atoms with Crippen molar-refractivity contribution in [3.63, 3.8) is 0 Å². The van der Waals surface area contributed by atoms with Crippen LogP contribution in [0.2, 0.25) is 0 Å². The molecule has 4 rings (SSSR count). The monoisotopic (exact) mass is 374 g/mol. The van der Waals surface area contributed by atoms with Crippen LogP contribution in [0.4, 0.5) is 5.69 Å². The maximum atomic E-state index is 12.9. The molecular formula is C20H23ClN2O3. The van der Waals surface area contributed by atoms with Crippen LogP contribution in [0.15, 0.2) is 42.5 Å². The maximum Gasteiger partial charge on any atom is 0.254 e. The van der Waals surface area contributed by atoms with Gasteiger partial charge in [-0.05, 0) is 42.7 Å². The van der Waals surface area contributed by atoms with Gasteiger partial charge in [0.15, 0.2) is 17.6 Å². The van der Waals surface area contributed by atoms with Crippen molar-refractivity contribution >= 4 is 24.0 Å². The quantitative estimate of drug-likeness (QED) is 0.894. The Morgan fingerprint density at radius 3 is 2.85 bits per heavy atom. The van der Waals surface area contributed by atoms with Crippen molar-refractivity contribution in [1.82, 2.24) is 4.90 Å². The number of fused-ring (bicyclic) bond motifs is 2. The van der Waals surface area contributed by atoms with E-state index >= 15 is 0 Å². The van der Waals surface area contributed by atoms with Gasteiger partial charge in [0.2, 0.25) is 0 Å². The Bertz CT molecular complexity index is 796. The average molecular weight is 375 g/mol. The predicted octanol–water partition coefficient (Wildman–Crippen LogP) is 3.38. The van der Waals surface area contributed by atoms with Crippen LogP contribution in [0.25, 0.3) is 0 Å². The first kappa shape index (κ1) is 18.4. The van der Waals surface area contributed by atoms with Crippen LogP contribution in [0.1, 0.15) is 22.3 Å². The molecule has 1 unspecified atom stereocenters. The van der Waals surface area contributed by atoms with Crippen LogP contribution in [0.3, 0.4) is 0 Å². The van der Waals surface area contributed by atoms with E-state index in [4.69, 9.17) is 9.47 Å². The molecule has 0 fully saturated rings. The molecule has 0 aliphatic carbocycles. The highest BCUT2D eigenvalue weighted by Crippen LogP contribution is 2.31. The third-order valence-corrected chi connectivity index (χ3v) is 4.72. The molecule has 0 spiro atoms. The largest absolute Gasteiger partial charge is 0.486 e. The van der Waals surface area contributed by atoms with E-state index in [9.17, 15) is 4.79 Å². The fourth-order valence-corrected chi connectivity index (χ4v) is 3.46. The second-order valence-corrected chi connectivity index (χ2v) is 6.55. The fourth-order valence-electron chi connectivity index (χ4n) is 3.46. The Hall–Kier alpha value is -2.40. The summed E-state index contributed by atoms with van der Waals surface area (Å²) in [6, 6.07) is 13.5. The van der Waals surface area contributed by atoms with E-state index in [1.165, 1.54) is 0 Å². The van der Waals surface area contributed by atoms with E-state index in [1.54, 1.807) is 4.90 Å². The van der Waals surface area contributed by atoms with Gasteiger partial charge in [-0.3, -0.25) is 4.79 Å². The van der Waals surface area contributed by atoms with Gasteiger partial charge in [-0.25, -0.2) is 0 Å². The molecule has 1 atom stereocenters. The average Bonchev–Trinajstić information content (AvgIpc) is 2.67. The molecule has 2 aromatic rings. The van der Waals surface area contributed by atoms with Crippen molar-refractivity contribution < 1.29 is 14.3 Å². The number of nitrogens with one attached hydrogen (secondary N) is 1. The number of likely N-dealkylation sites (N-methyl/N-ethyl adjacent to an activating group) is 1. The molecule has 138 valence electrons. The smallest absolute Gasteiger partial charge is 0.254 e. The molecule has 6 heteroatoms. The van der Waals surface area contributed by atoms with Crippen molar-refractivity contribution in [3.05, 3.63) is 53.6 Å². The summed E-state index contributed by atoms with van der Waals surface area (Å²) in [4.78, 5) is 14.7. The lowest BCUT2D eigenvalue weighted by Crippen LogP contribution is -2.42. The second kappa shape index (κ2) is 7.87. The summed E-state index contributed by atoms with van der Waals surface area (Å²) >= 11 is 0. The second-order valence-electron chi connectivity index (χ2n) is 6.55. The van der Waals surface area contributed by atoms with Gasteiger partial charge in [0.25, 0.3) is 5.91 Å². The molecule has 5 nitrogen and oxygen atoms in total. The number of amides is 1. The number of hydrogen-bond acceptors (Lipinski definition) is 4. The Kier molecular flexibility index (Phi) is 5.57. The number of carbonyl (C=O) groups is 1. The van der Waals surface area contributed by atoms with Gasteiger partial charge >= 0.3 is 0 Å². The SMILES string of the molecule is CN(CC1COc2ccccc2O1)C(=O)c1cccc2c1CCCN2.Cl. The van der Waals surface area contributed by atoms with Gasteiger partial charge in [0.1, 0.15) is 6.61 Å². The van der Waals surface area contributed by atoms with Crippen LogP contribution in [-0.2, 0) is 6.42 Å². The van der Waals surface area contributed by atoms with E-state index in [1.807, 2.05) is 49.5 Å². The Morgan fingerprint density at radius 2 is 2.00 bits per heavy atom. The number of para-hydroxylation sites is 2. The van der Waals surface area contributed by atoms with Crippen molar-refractivity contribution in [2.24, 2.45) is 0 Å². The molecule has 0 saturated carbocycles. The lowest BCUT2D eigenvalue weighted by atomic mass is 9.97. The molecule has 0 saturated heterocycles. The Labute approximate surface area is 159 Å². The molecule has 0 bridgehead atoms. The van der Waals surface area contributed by atoms with E-state index < -0.39 is 0 Å². The molecule has 2 aliphatic heterocycles. The first-order chi connectivity index (χ1) is 12.2. The first-order valence-electron chi connectivity index (χ1n) is 8.72. The van der Waals surface area contributed by atoms with Gasteiger partial charge in [0, 0.05) is 24.8 Å². The maximum absolute atomic E-state index is 12.9. The van der Waals surface area contributed by atoms with Gasteiger partial charge in [-0.1, -0.05) is 18.2 Å². The van der Waals surface area contributed by atoms with Crippen molar-refractivity contribution in [1.29, 1.82) is 0 Å². The minimum atomic E-state index is -0.165. The molecule has 0 aromatic heterocycles. The van der Waals surface area contributed by atoms with Gasteiger partial charge in [-0.15, -0.1) is 12.4 Å². The van der Waals surface area contributed by atoms with Gasteiger partial charge < -0.3 is 19.7 Å². The summed E-state index contributed by atoms with van der Waals surface area (Å²) in [5, 5.41) is 3.37. The number of nitrogens with zero attached hydrogens (tertiary/aromatic N) is 1. The lowest BCUT2D eigenvalue weighted by molar-refractivity contribution is 0.0520. The zero-order valence-corrected chi connectivity index (χ0v) is 15.6. The molecule has 1 N–H and O–H groups in total. The van der Waals surface area contributed by atoms with Crippen LogP contribution in [0, 0.1) is 0 Å². The molecule has 0 radical (unpaired) electrons. The van der Waals surface area contributed by atoms with Crippen LogP contribution in [0.5, 0.6) is 11.5 Å². The zero-order valence-electron chi connectivity index (χ0n) is 14.7. The van der Waals surface area contributed by atoms with E-state index in [0.29, 0.717) is 13.2 Å². The normalized spacial score (nSPS) is 17.3. The van der Waals surface area contributed by atoms with Crippen LogP contribution in [-0.4, -0.2) is 43.7 Å². The van der Waals surface area contributed by atoms with Gasteiger partial charge in [-0.2, -0.15) is 0 Å². The molecule has 2 aromatic carbocycles. The predicted molar refractivity (Wildman–Crippen MR) is 104 cm³/mol. The van der Waals surface area contributed by atoms with Crippen molar-refractivity contribution in [2.45, 2.75) is 18.9 Å². The summed E-state index contributed by atoms with van der Waals surface area (Å²) in [5.41, 5.74) is 2.98. The number of ether oxygens (including phenoxy) is 2. The molecule has 1 amide bonds. The summed E-state index contributed by atoms with van der Waals surface area (Å²) < 4.78 is 11.7. The van der Waals surface area contributed by atoms with E-state index in [2.05, 4.69) is 5.32 Å². The minimum absolute atomic E-state index is 0. The van der Waals surface area contributed by atoms with Crippen molar-refractivity contribution in [3.8, 4) is 11.5 Å². The number of benzene rings is 2. The summed E-state index contributed by atoms with van der Waals surface area (Å²) in [6.45, 7) is 1.90. The third kappa shape index (κ3) is 3.58. The fraction of sp³-hybridized carbons (Fsp3) is 0.350. The molecular weight excluding hydrogens is 352 g/mol. The number of halogens is 1. The topological polar surface area (TPSA) is 50.8 Å². The number of carbonyl (C=O) groups excluding carboxylic acids is 1. The highest BCUT2D eigenvalue weighted by molar-refractivity contribution is 5.97. The van der Waals surface area contributed by atoms with E-state index in [0.717, 1.165) is 47.7 Å². The highest BCUT2D eigenvalue weighted by Gasteiger charge is 2.26.